The fraction of sp³-hybridized carbons (Fsp3) is 0. The maximum atomic E-state index is 10.6. The molecule has 2 rings (SSSR count). The van der Waals surface area contributed by atoms with Gasteiger partial charge in [-0.25, -0.2) is 0 Å². The summed E-state index contributed by atoms with van der Waals surface area (Å²) in [6.07, 6.45) is 0.714. The molecule has 0 spiro atoms. The van der Waals surface area contributed by atoms with Crippen molar-refractivity contribution in [3.8, 4) is 22.6 Å². The molecule has 0 amide bonds. The third kappa shape index (κ3) is 1.88. The summed E-state index contributed by atoms with van der Waals surface area (Å²) >= 11 is 0. The molecule has 3 nitrogen and oxygen atoms in total. The lowest BCUT2D eigenvalue weighted by atomic mass is 10.0. The molecule has 0 aliphatic rings. The Balaban J connectivity index is 2.58. The molecule has 0 radical (unpaired) electrons. The second kappa shape index (κ2) is 4.06. The van der Waals surface area contributed by atoms with Crippen LogP contribution in [0.5, 0.6) is 11.5 Å². The van der Waals surface area contributed by atoms with Crippen molar-refractivity contribution in [2.24, 2.45) is 0 Å². The van der Waals surface area contributed by atoms with Crippen molar-refractivity contribution < 1.29 is 15.0 Å². The maximum Gasteiger partial charge on any atom is 0.150 e. The molecule has 0 aliphatic carbocycles. The zero-order chi connectivity index (χ0) is 11.5. The van der Waals surface area contributed by atoms with Gasteiger partial charge in [-0.1, -0.05) is 12.1 Å². The Kier molecular flexibility index (Phi) is 2.60. The van der Waals surface area contributed by atoms with Gasteiger partial charge < -0.3 is 10.2 Å². The summed E-state index contributed by atoms with van der Waals surface area (Å²) in [4.78, 5) is 10.6. The topological polar surface area (TPSA) is 57.5 Å². The van der Waals surface area contributed by atoms with Gasteiger partial charge >= 0.3 is 0 Å². The first-order chi connectivity index (χ1) is 7.70. The highest BCUT2D eigenvalue weighted by atomic mass is 16.3. The number of hydrogen-bond acceptors (Lipinski definition) is 3. The van der Waals surface area contributed by atoms with Crippen molar-refractivity contribution in [2.45, 2.75) is 0 Å². The largest absolute Gasteiger partial charge is 0.508 e. The van der Waals surface area contributed by atoms with Crippen molar-refractivity contribution in [1.29, 1.82) is 0 Å². The first-order valence-corrected chi connectivity index (χ1v) is 4.78. The quantitative estimate of drug-likeness (QED) is 0.755. The molecular formula is C13H10O3. The second-order valence-electron chi connectivity index (χ2n) is 3.44. The summed E-state index contributed by atoms with van der Waals surface area (Å²) in [5.74, 6) is 0.199. The first-order valence-electron chi connectivity index (χ1n) is 4.78. The Morgan fingerprint density at radius 3 is 2.50 bits per heavy atom. The van der Waals surface area contributed by atoms with Crippen molar-refractivity contribution in [2.75, 3.05) is 0 Å². The third-order valence-corrected chi connectivity index (χ3v) is 2.31. The molecule has 3 heteroatoms. The van der Waals surface area contributed by atoms with E-state index in [1.807, 2.05) is 0 Å². The average molecular weight is 214 g/mol. The van der Waals surface area contributed by atoms with Crippen molar-refractivity contribution in [1.82, 2.24) is 0 Å². The van der Waals surface area contributed by atoms with E-state index >= 15 is 0 Å². The highest BCUT2D eigenvalue weighted by Crippen LogP contribution is 2.31. The van der Waals surface area contributed by atoms with Gasteiger partial charge in [-0.15, -0.1) is 0 Å². The molecule has 2 aromatic carbocycles. The minimum Gasteiger partial charge on any atom is -0.508 e. The summed E-state index contributed by atoms with van der Waals surface area (Å²) in [6.45, 7) is 0. The number of benzene rings is 2. The molecule has 0 unspecified atom stereocenters. The number of rotatable bonds is 2. The van der Waals surface area contributed by atoms with Gasteiger partial charge in [0.15, 0.2) is 0 Å². The van der Waals surface area contributed by atoms with Crippen LogP contribution >= 0.6 is 0 Å². The van der Waals surface area contributed by atoms with Crippen LogP contribution < -0.4 is 0 Å². The van der Waals surface area contributed by atoms with Gasteiger partial charge in [-0.2, -0.15) is 0 Å². The van der Waals surface area contributed by atoms with E-state index in [4.69, 9.17) is 0 Å². The van der Waals surface area contributed by atoms with Crippen molar-refractivity contribution in [3.05, 3.63) is 48.0 Å². The maximum absolute atomic E-state index is 10.6. The number of phenols is 2. The Morgan fingerprint density at radius 1 is 1.00 bits per heavy atom. The van der Waals surface area contributed by atoms with Crippen LogP contribution in [0.2, 0.25) is 0 Å². The minimum atomic E-state index is 0.0798. The highest BCUT2D eigenvalue weighted by Gasteiger charge is 2.05. The summed E-state index contributed by atoms with van der Waals surface area (Å²) in [6, 6.07) is 11.1. The van der Waals surface area contributed by atoms with Gasteiger partial charge in [0.05, 0.1) is 0 Å². The van der Waals surface area contributed by atoms with E-state index in [0.717, 1.165) is 0 Å². The molecule has 0 saturated heterocycles. The zero-order valence-electron chi connectivity index (χ0n) is 8.42. The van der Waals surface area contributed by atoms with Crippen LogP contribution in [0.1, 0.15) is 10.4 Å². The summed E-state index contributed by atoms with van der Waals surface area (Å²) < 4.78 is 0. The van der Waals surface area contributed by atoms with Gasteiger partial charge in [0.1, 0.15) is 17.8 Å². The van der Waals surface area contributed by atoms with Gasteiger partial charge in [-0.05, 0) is 35.9 Å². The van der Waals surface area contributed by atoms with Crippen molar-refractivity contribution in [3.63, 3.8) is 0 Å². The van der Waals surface area contributed by atoms with E-state index in [0.29, 0.717) is 23.0 Å². The fourth-order valence-electron chi connectivity index (χ4n) is 1.53. The number of carbonyl (C=O) groups excluding carboxylic acids is 1. The van der Waals surface area contributed by atoms with Gasteiger partial charge in [-0.3, -0.25) is 4.79 Å². The number of carbonyl (C=O) groups is 1. The monoisotopic (exact) mass is 214 g/mol. The van der Waals surface area contributed by atoms with E-state index in [-0.39, 0.29) is 11.5 Å². The molecule has 0 saturated carbocycles. The molecule has 16 heavy (non-hydrogen) atoms. The molecule has 0 aliphatic heterocycles. The molecule has 0 aromatic heterocycles. The lowest BCUT2D eigenvalue weighted by molar-refractivity contribution is 0.112. The zero-order valence-corrected chi connectivity index (χ0v) is 8.42. The van der Waals surface area contributed by atoms with Crippen molar-refractivity contribution >= 4 is 6.29 Å². The number of phenolic OH excluding ortho intramolecular Hbond substituents is 2. The first kappa shape index (κ1) is 10.2. The molecular weight excluding hydrogens is 204 g/mol. The number of aromatic hydroxyl groups is 2. The Hall–Kier alpha value is -2.29. The smallest absolute Gasteiger partial charge is 0.150 e. The number of aldehydes is 1. The third-order valence-electron chi connectivity index (χ3n) is 2.31. The van der Waals surface area contributed by atoms with Crippen LogP contribution in [0.3, 0.4) is 0 Å². The van der Waals surface area contributed by atoms with Crippen LogP contribution in [-0.2, 0) is 0 Å². The van der Waals surface area contributed by atoms with E-state index in [1.54, 1.807) is 24.3 Å². The lowest BCUT2D eigenvalue weighted by Crippen LogP contribution is -1.83. The molecule has 2 N–H and O–H groups in total. The molecule has 80 valence electrons. The number of hydrogen-bond donors (Lipinski definition) is 2. The molecule has 0 fully saturated rings. The normalized spacial score (nSPS) is 10.0. The summed E-state index contributed by atoms with van der Waals surface area (Å²) in [5, 5.41) is 19.0. The Labute approximate surface area is 92.6 Å². The van der Waals surface area contributed by atoms with E-state index in [1.165, 1.54) is 18.2 Å². The Bertz CT molecular complexity index is 532. The predicted octanol–water partition coefficient (Wildman–Crippen LogP) is 2.58. The van der Waals surface area contributed by atoms with Crippen LogP contribution in [0.15, 0.2) is 42.5 Å². The predicted molar refractivity (Wildman–Crippen MR) is 60.6 cm³/mol. The van der Waals surface area contributed by atoms with Crippen LogP contribution in [-0.4, -0.2) is 16.5 Å². The Morgan fingerprint density at radius 2 is 1.81 bits per heavy atom. The van der Waals surface area contributed by atoms with Gasteiger partial charge in [0.2, 0.25) is 0 Å². The van der Waals surface area contributed by atoms with E-state index < -0.39 is 0 Å². The van der Waals surface area contributed by atoms with Gasteiger partial charge in [0.25, 0.3) is 0 Å². The summed E-state index contributed by atoms with van der Waals surface area (Å²) in [7, 11) is 0. The minimum absolute atomic E-state index is 0.0798. The van der Waals surface area contributed by atoms with Crippen LogP contribution in [0.25, 0.3) is 11.1 Å². The molecule has 0 atom stereocenters. The average Bonchev–Trinajstić information content (AvgIpc) is 2.30. The standard InChI is InChI=1S/C13H10O3/c14-8-9-4-5-13(16)12(6-9)10-2-1-3-11(15)7-10/h1-8,15-16H. The second-order valence-corrected chi connectivity index (χ2v) is 3.44. The van der Waals surface area contributed by atoms with Crippen LogP contribution in [0.4, 0.5) is 0 Å². The summed E-state index contributed by atoms with van der Waals surface area (Å²) in [5.41, 5.74) is 1.68. The van der Waals surface area contributed by atoms with Crippen LogP contribution in [0, 0.1) is 0 Å². The van der Waals surface area contributed by atoms with E-state index in [9.17, 15) is 15.0 Å². The fourth-order valence-corrected chi connectivity index (χ4v) is 1.53. The van der Waals surface area contributed by atoms with Gasteiger partial charge in [0, 0.05) is 11.1 Å². The van der Waals surface area contributed by atoms with E-state index in [2.05, 4.69) is 0 Å². The molecule has 0 bridgehead atoms. The SMILES string of the molecule is O=Cc1ccc(O)c(-c2cccc(O)c2)c1. The molecule has 2 aromatic rings. The lowest BCUT2D eigenvalue weighted by Gasteiger charge is -2.05. The highest BCUT2D eigenvalue weighted by molar-refractivity contribution is 5.81. The molecule has 0 heterocycles.